The van der Waals surface area contributed by atoms with E-state index in [4.69, 9.17) is 9.84 Å². The average Bonchev–Trinajstić information content (AvgIpc) is 2.55. The van der Waals surface area contributed by atoms with E-state index in [1.165, 1.54) is 16.7 Å². The van der Waals surface area contributed by atoms with Crippen LogP contribution in [0.4, 0.5) is 0 Å². The molecule has 0 unspecified atom stereocenters. The number of fused-ring (bicyclic) bond motifs is 1. The molecule has 0 saturated heterocycles. The Kier molecular flexibility index (Phi) is 4.27. The van der Waals surface area contributed by atoms with Crippen molar-refractivity contribution in [1.29, 1.82) is 0 Å². The Morgan fingerprint density at radius 1 is 1.17 bits per heavy atom. The predicted octanol–water partition coefficient (Wildman–Crippen LogP) is 4.80. The molecule has 0 bridgehead atoms. The van der Waals surface area contributed by atoms with Gasteiger partial charge in [-0.3, -0.25) is 0 Å². The molecule has 0 amide bonds. The summed E-state index contributed by atoms with van der Waals surface area (Å²) in [5.74, 6) is 1.02. The van der Waals surface area contributed by atoms with Crippen LogP contribution in [0.3, 0.4) is 0 Å². The molecule has 0 aromatic heterocycles. The predicted molar refractivity (Wildman–Crippen MR) is 95.5 cm³/mol. The Balaban J connectivity index is 1.93. The molecule has 2 nitrogen and oxygen atoms in total. The van der Waals surface area contributed by atoms with Gasteiger partial charge in [-0.05, 0) is 53.2 Å². The van der Waals surface area contributed by atoms with Crippen molar-refractivity contribution in [1.82, 2.24) is 0 Å². The third kappa shape index (κ3) is 3.32. The van der Waals surface area contributed by atoms with E-state index < -0.39 is 0 Å². The van der Waals surface area contributed by atoms with Crippen molar-refractivity contribution in [3.8, 4) is 5.75 Å². The summed E-state index contributed by atoms with van der Waals surface area (Å²) in [4.78, 5) is 0. The SMILES string of the molecule is C/C(=C\c1ccc(CO)cc1)c1ccc2c(c1)C(C)(C)CCO2. The lowest BCUT2D eigenvalue weighted by atomic mass is 9.79. The topological polar surface area (TPSA) is 29.5 Å². The number of aliphatic hydroxyl groups is 1. The van der Waals surface area contributed by atoms with Gasteiger partial charge in [-0.2, -0.15) is 0 Å². The van der Waals surface area contributed by atoms with E-state index in [-0.39, 0.29) is 12.0 Å². The van der Waals surface area contributed by atoms with Crippen LogP contribution in [-0.4, -0.2) is 11.7 Å². The summed E-state index contributed by atoms with van der Waals surface area (Å²) in [7, 11) is 0. The average molecular weight is 308 g/mol. The zero-order chi connectivity index (χ0) is 16.4. The van der Waals surface area contributed by atoms with E-state index in [1.807, 2.05) is 24.3 Å². The second-order valence-corrected chi connectivity index (χ2v) is 6.92. The lowest BCUT2D eigenvalue weighted by molar-refractivity contribution is 0.234. The Bertz CT molecular complexity index is 724. The molecular weight excluding hydrogens is 284 g/mol. The molecule has 1 aliphatic heterocycles. The summed E-state index contributed by atoms with van der Waals surface area (Å²) in [6, 6.07) is 14.5. The van der Waals surface area contributed by atoms with Gasteiger partial charge in [0.15, 0.2) is 0 Å². The van der Waals surface area contributed by atoms with Crippen LogP contribution < -0.4 is 4.74 Å². The molecule has 0 saturated carbocycles. The molecule has 2 aromatic rings. The summed E-state index contributed by atoms with van der Waals surface area (Å²) < 4.78 is 5.79. The van der Waals surface area contributed by atoms with E-state index in [0.717, 1.165) is 29.9 Å². The number of hydrogen-bond acceptors (Lipinski definition) is 2. The summed E-state index contributed by atoms with van der Waals surface area (Å²) in [5, 5.41) is 9.12. The molecule has 0 fully saturated rings. The van der Waals surface area contributed by atoms with Crippen molar-refractivity contribution in [3.05, 3.63) is 64.7 Å². The highest BCUT2D eigenvalue weighted by Gasteiger charge is 2.28. The molecule has 1 aliphatic rings. The first-order valence-corrected chi connectivity index (χ1v) is 8.15. The molecule has 0 spiro atoms. The maximum atomic E-state index is 9.12. The molecule has 0 atom stereocenters. The van der Waals surface area contributed by atoms with Crippen LogP contribution in [0.25, 0.3) is 11.6 Å². The molecule has 0 radical (unpaired) electrons. The van der Waals surface area contributed by atoms with Crippen LogP contribution in [0.1, 0.15) is 49.4 Å². The maximum Gasteiger partial charge on any atom is 0.123 e. The van der Waals surface area contributed by atoms with E-state index in [2.05, 4.69) is 45.0 Å². The van der Waals surface area contributed by atoms with Gasteiger partial charge in [-0.25, -0.2) is 0 Å². The summed E-state index contributed by atoms with van der Waals surface area (Å²) in [5.41, 5.74) is 6.00. The maximum absolute atomic E-state index is 9.12. The van der Waals surface area contributed by atoms with Crippen molar-refractivity contribution in [2.75, 3.05) is 6.61 Å². The monoisotopic (exact) mass is 308 g/mol. The van der Waals surface area contributed by atoms with Gasteiger partial charge in [0.1, 0.15) is 5.75 Å². The highest BCUT2D eigenvalue weighted by Crippen LogP contribution is 2.39. The molecule has 1 heterocycles. The van der Waals surface area contributed by atoms with E-state index in [0.29, 0.717) is 0 Å². The zero-order valence-electron chi connectivity index (χ0n) is 14.1. The minimum Gasteiger partial charge on any atom is -0.493 e. The van der Waals surface area contributed by atoms with Crippen LogP contribution in [0.2, 0.25) is 0 Å². The standard InChI is InChI=1S/C21H24O2/c1-15(12-16-4-6-17(14-22)7-5-16)18-8-9-20-19(13-18)21(2,3)10-11-23-20/h4-9,12-13,22H,10-11,14H2,1-3H3/b15-12+. The molecule has 1 N–H and O–H groups in total. The van der Waals surface area contributed by atoms with Crippen molar-refractivity contribution in [2.24, 2.45) is 0 Å². The quantitative estimate of drug-likeness (QED) is 0.825. The van der Waals surface area contributed by atoms with Gasteiger partial charge in [-0.1, -0.05) is 50.3 Å². The number of ether oxygens (including phenoxy) is 1. The number of benzene rings is 2. The van der Waals surface area contributed by atoms with Gasteiger partial charge in [0, 0.05) is 5.56 Å². The van der Waals surface area contributed by atoms with Gasteiger partial charge in [-0.15, -0.1) is 0 Å². The Morgan fingerprint density at radius 2 is 1.91 bits per heavy atom. The van der Waals surface area contributed by atoms with Gasteiger partial charge in [0.25, 0.3) is 0 Å². The summed E-state index contributed by atoms with van der Waals surface area (Å²) in [6.45, 7) is 7.59. The van der Waals surface area contributed by atoms with Crippen LogP contribution in [0.15, 0.2) is 42.5 Å². The lowest BCUT2D eigenvalue weighted by Gasteiger charge is -2.32. The van der Waals surface area contributed by atoms with Gasteiger partial charge in [0.05, 0.1) is 13.2 Å². The molecular formula is C21H24O2. The fraction of sp³-hybridized carbons (Fsp3) is 0.333. The summed E-state index contributed by atoms with van der Waals surface area (Å²) in [6.07, 6.45) is 3.23. The third-order valence-electron chi connectivity index (χ3n) is 4.69. The second-order valence-electron chi connectivity index (χ2n) is 6.92. The summed E-state index contributed by atoms with van der Waals surface area (Å²) >= 11 is 0. The number of aliphatic hydroxyl groups excluding tert-OH is 1. The van der Waals surface area contributed by atoms with Crippen LogP contribution >= 0.6 is 0 Å². The minimum absolute atomic E-state index is 0.0862. The first-order chi connectivity index (χ1) is 11.0. The zero-order valence-corrected chi connectivity index (χ0v) is 14.1. The molecule has 0 aliphatic carbocycles. The normalized spacial score (nSPS) is 16.6. The van der Waals surface area contributed by atoms with Crippen molar-refractivity contribution in [2.45, 2.75) is 39.2 Å². The minimum atomic E-state index is 0.0862. The van der Waals surface area contributed by atoms with Crippen molar-refractivity contribution < 1.29 is 9.84 Å². The van der Waals surface area contributed by atoms with E-state index in [9.17, 15) is 0 Å². The Hall–Kier alpha value is -2.06. The van der Waals surface area contributed by atoms with E-state index in [1.54, 1.807) is 0 Å². The third-order valence-corrected chi connectivity index (χ3v) is 4.69. The fourth-order valence-electron chi connectivity index (χ4n) is 3.03. The Morgan fingerprint density at radius 3 is 2.61 bits per heavy atom. The number of allylic oxidation sites excluding steroid dienone is 1. The highest BCUT2D eigenvalue weighted by atomic mass is 16.5. The lowest BCUT2D eigenvalue weighted by Crippen LogP contribution is -2.26. The van der Waals surface area contributed by atoms with E-state index >= 15 is 0 Å². The van der Waals surface area contributed by atoms with Gasteiger partial charge >= 0.3 is 0 Å². The van der Waals surface area contributed by atoms with Crippen LogP contribution in [0, 0.1) is 0 Å². The molecule has 2 heteroatoms. The smallest absolute Gasteiger partial charge is 0.123 e. The number of hydrogen-bond donors (Lipinski definition) is 1. The van der Waals surface area contributed by atoms with Crippen molar-refractivity contribution >= 4 is 11.6 Å². The second kappa shape index (κ2) is 6.21. The molecule has 3 rings (SSSR count). The molecule has 120 valence electrons. The largest absolute Gasteiger partial charge is 0.493 e. The number of rotatable bonds is 3. The first kappa shape index (κ1) is 15.8. The van der Waals surface area contributed by atoms with Gasteiger partial charge in [0.2, 0.25) is 0 Å². The Labute approximate surface area is 138 Å². The molecule has 23 heavy (non-hydrogen) atoms. The molecule has 2 aromatic carbocycles. The van der Waals surface area contributed by atoms with Crippen LogP contribution in [-0.2, 0) is 12.0 Å². The van der Waals surface area contributed by atoms with Crippen LogP contribution in [0.5, 0.6) is 5.75 Å². The van der Waals surface area contributed by atoms with Gasteiger partial charge < -0.3 is 9.84 Å². The highest BCUT2D eigenvalue weighted by molar-refractivity contribution is 5.80. The first-order valence-electron chi connectivity index (χ1n) is 8.15. The van der Waals surface area contributed by atoms with Crippen molar-refractivity contribution in [3.63, 3.8) is 0 Å². The fourth-order valence-corrected chi connectivity index (χ4v) is 3.03.